The molecule has 1 aromatic heterocycles. The summed E-state index contributed by atoms with van der Waals surface area (Å²) >= 11 is 0. The molecule has 5 nitrogen and oxygen atoms in total. The minimum absolute atomic E-state index is 0.181. The van der Waals surface area contributed by atoms with Crippen LogP contribution in [-0.4, -0.2) is 22.8 Å². The molecule has 0 saturated heterocycles. The van der Waals surface area contributed by atoms with E-state index in [-0.39, 0.29) is 5.91 Å². The molecule has 0 aliphatic heterocycles. The van der Waals surface area contributed by atoms with E-state index in [0.29, 0.717) is 17.0 Å². The van der Waals surface area contributed by atoms with Crippen LogP contribution in [0.25, 0.3) is 5.69 Å². The molecule has 0 bridgehead atoms. The molecule has 24 heavy (non-hydrogen) atoms. The number of aromatic nitrogens is 2. The van der Waals surface area contributed by atoms with Gasteiger partial charge in [0.05, 0.1) is 18.5 Å². The van der Waals surface area contributed by atoms with Crippen molar-refractivity contribution in [2.45, 2.75) is 13.8 Å². The molecule has 0 atom stereocenters. The maximum Gasteiger partial charge on any atom is 0.255 e. The van der Waals surface area contributed by atoms with E-state index >= 15 is 0 Å². The van der Waals surface area contributed by atoms with Crippen molar-refractivity contribution in [2.24, 2.45) is 0 Å². The van der Waals surface area contributed by atoms with Gasteiger partial charge in [-0.1, -0.05) is 12.1 Å². The lowest BCUT2D eigenvalue weighted by molar-refractivity contribution is 0.102. The zero-order chi connectivity index (χ0) is 17.1. The highest BCUT2D eigenvalue weighted by molar-refractivity contribution is 6.04. The number of carbonyl (C=O) groups is 1. The second-order valence-electron chi connectivity index (χ2n) is 5.58. The van der Waals surface area contributed by atoms with Crippen molar-refractivity contribution in [3.63, 3.8) is 0 Å². The van der Waals surface area contributed by atoms with Gasteiger partial charge in [-0.25, -0.2) is 4.68 Å². The fraction of sp³-hybridized carbons (Fsp3) is 0.158. The highest BCUT2D eigenvalue weighted by Gasteiger charge is 2.09. The van der Waals surface area contributed by atoms with Crippen LogP contribution in [0.1, 0.15) is 21.7 Å². The van der Waals surface area contributed by atoms with Crippen molar-refractivity contribution in [3.8, 4) is 11.4 Å². The first kappa shape index (κ1) is 15.8. The molecule has 122 valence electrons. The first-order valence-electron chi connectivity index (χ1n) is 7.66. The second-order valence-corrected chi connectivity index (χ2v) is 5.58. The van der Waals surface area contributed by atoms with E-state index in [4.69, 9.17) is 4.74 Å². The summed E-state index contributed by atoms with van der Waals surface area (Å²) in [6.45, 7) is 3.96. The summed E-state index contributed by atoms with van der Waals surface area (Å²) in [6.07, 6.45) is 0. The standard InChI is InChI=1S/C19H19N3O2/c1-13-10-14(2)22(21-13)17-8-5-7-16(12-17)20-19(23)15-6-4-9-18(11-15)24-3/h4-12H,1-3H3,(H,20,23). The lowest BCUT2D eigenvalue weighted by Crippen LogP contribution is -2.12. The Balaban J connectivity index is 1.84. The molecule has 0 radical (unpaired) electrons. The first-order chi connectivity index (χ1) is 11.6. The van der Waals surface area contributed by atoms with Crippen molar-refractivity contribution in [1.29, 1.82) is 0 Å². The van der Waals surface area contributed by atoms with E-state index < -0.39 is 0 Å². The van der Waals surface area contributed by atoms with Crippen LogP contribution in [0.15, 0.2) is 54.6 Å². The number of rotatable bonds is 4. The van der Waals surface area contributed by atoms with E-state index in [1.54, 1.807) is 31.4 Å². The van der Waals surface area contributed by atoms with E-state index in [0.717, 1.165) is 17.1 Å². The maximum absolute atomic E-state index is 12.4. The summed E-state index contributed by atoms with van der Waals surface area (Å²) in [4.78, 5) is 12.4. The smallest absolute Gasteiger partial charge is 0.255 e. The summed E-state index contributed by atoms with van der Waals surface area (Å²) in [5.41, 5.74) is 4.17. The number of aryl methyl sites for hydroxylation is 2. The molecule has 0 spiro atoms. The predicted molar refractivity (Wildman–Crippen MR) is 94.0 cm³/mol. The topological polar surface area (TPSA) is 56.1 Å². The minimum atomic E-state index is -0.181. The Bertz CT molecular complexity index is 884. The predicted octanol–water partition coefficient (Wildman–Crippen LogP) is 3.75. The fourth-order valence-corrected chi connectivity index (χ4v) is 2.57. The largest absolute Gasteiger partial charge is 0.497 e. The zero-order valence-electron chi connectivity index (χ0n) is 13.9. The van der Waals surface area contributed by atoms with Crippen LogP contribution in [0.3, 0.4) is 0 Å². The highest BCUT2D eigenvalue weighted by Crippen LogP contribution is 2.18. The van der Waals surface area contributed by atoms with Gasteiger partial charge in [-0.2, -0.15) is 5.10 Å². The van der Waals surface area contributed by atoms with Crippen LogP contribution in [0.2, 0.25) is 0 Å². The summed E-state index contributed by atoms with van der Waals surface area (Å²) in [5, 5.41) is 7.38. The van der Waals surface area contributed by atoms with Gasteiger partial charge in [-0.05, 0) is 56.3 Å². The van der Waals surface area contributed by atoms with E-state index in [1.807, 2.05) is 48.9 Å². The number of benzene rings is 2. The maximum atomic E-state index is 12.4. The summed E-state index contributed by atoms with van der Waals surface area (Å²) in [6, 6.07) is 16.7. The second kappa shape index (κ2) is 6.58. The van der Waals surface area contributed by atoms with Gasteiger partial charge in [0.2, 0.25) is 0 Å². The van der Waals surface area contributed by atoms with Crippen LogP contribution >= 0.6 is 0 Å². The third kappa shape index (κ3) is 3.30. The van der Waals surface area contributed by atoms with Crippen LogP contribution in [0.5, 0.6) is 5.75 Å². The SMILES string of the molecule is COc1cccc(C(=O)Nc2cccc(-n3nc(C)cc3C)c2)c1. The van der Waals surface area contributed by atoms with E-state index in [2.05, 4.69) is 10.4 Å². The fourth-order valence-electron chi connectivity index (χ4n) is 2.57. The molecule has 0 saturated carbocycles. The molecule has 3 aromatic rings. The molecule has 3 rings (SSSR count). The minimum Gasteiger partial charge on any atom is -0.497 e. The van der Waals surface area contributed by atoms with Gasteiger partial charge in [0.15, 0.2) is 0 Å². The molecule has 5 heteroatoms. The molecule has 0 unspecified atom stereocenters. The van der Waals surface area contributed by atoms with Crippen molar-refractivity contribution in [3.05, 3.63) is 71.5 Å². The molecule has 1 N–H and O–H groups in total. The molecular formula is C19H19N3O2. The summed E-state index contributed by atoms with van der Waals surface area (Å²) in [7, 11) is 1.58. The van der Waals surface area contributed by atoms with Crippen molar-refractivity contribution < 1.29 is 9.53 Å². The number of anilines is 1. The van der Waals surface area contributed by atoms with Gasteiger partial charge in [0.1, 0.15) is 5.75 Å². The average molecular weight is 321 g/mol. The lowest BCUT2D eigenvalue weighted by atomic mass is 10.2. The monoisotopic (exact) mass is 321 g/mol. The average Bonchev–Trinajstić information content (AvgIpc) is 2.93. The quantitative estimate of drug-likeness (QED) is 0.796. The van der Waals surface area contributed by atoms with Crippen LogP contribution in [0, 0.1) is 13.8 Å². The third-order valence-electron chi connectivity index (χ3n) is 3.69. The number of ether oxygens (including phenoxy) is 1. The van der Waals surface area contributed by atoms with Gasteiger partial charge in [0.25, 0.3) is 5.91 Å². The number of hydrogen-bond acceptors (Lipinski definition) is 3. The van der Waals surface area contributed by atoms with Crippen molar-refractivity contribution in [1.82, 2.24) is 9.78 Å². The van der Waals surface area contributed by atoms with Crippen LogP contribution in [0.4, 0.5) is 5.69 Å². The third-order valence-corrected chi connectivity index (χ3v) is 3.69. The Morgan fingerprint density at radius 2 is 1.88 bits per heavy atom. The van der Waals surface area contributed by atoms with Gasteiger partial charge >= 0.3 is 0 Å². The van der Waals surface area contributed by atoms with Crippen LogP contribution < -0.4 is 10.1 Å². The summed E-state index contributed by atoms with van der Waals surface area (Å²) in [5.74, 6) is 0.471. The number of nitrogens with zero attached hydrogens (tertiary/aromatic N) is 2. The molecular weight excluding hydrogens is 302 g/mol. The van der Waals surface area contributed by atoms with E-state index in [9.17, 15) is 4.79 Å². The van der Waals surface area contributed by atoms with E-state index in [1.165, 1.54) is 0 Å². The lowest BCUT2D eigenvalue weighted by Gasteiger charge is -2.09. The van der Waals surface area contributed by atoms with Crippen molar-refractivity contribution in [2.75, 3.05) is 12.4 Å². The van der Waals surface area contributed by atoms with Gasteiger partial charge in [-0.15, -0.1) is 0 Å². The Hall–Kier alpha value is -3.08. The Morgan fingerprint density at radius 3 is 2.58 bits per heavy atom. The molecule has 1 amide bonds. The van der Waals surface area contributed by atoms with Gasteiger partial charge in [-0.3, -0.25) is 4.79 Å². The normalized spacial score (nSPS) is 10.5. The highest BCUT2D eigenvalue weighted by atomic mass is 16.5. The number of hydrogen-bond donors (Lipinski definition) is 1. The number of methoxy groups -OCH3 is 1. The molecule has 2 aromatic carbocycles. The Morgan fingerprint density at radius 1 is 1.08 bits per heavy atom. The van der Waals surface area contributed by atoms with Crippen LogP contribution in [-0.2, 0) is 0 Å². The zero-order valence-corrected chi connectivity index (χ0v) is 13.9. The first-order valence-corrected chi connectivity index (χ1v) is 7.66. The molecule has 1 heterocycles. The Labute approximate surface area is 140 Å². The number of nitrogens with one attached hydrogen (secondary N) is 1. The molecule has 0 aliphatic carbocycles. The molecule has 0 fully saturated rings. The van der Waals surface area contributed by atoms with Crippen molar-refractivity contribution >= 4 is 11.6 Å². The molecule has 0 aliphatic rings. The summed E-state index contributed by atoms with van der Waals surface area (Å²) < 4.78 is 7.01. The van der Waals surface area contributed by atoms with Gasteiger partial charge in [0, 0.05) is 16.9 Å². The number of carbonyl (C=O) groups excluding carboxylic acids is 1. The number of amides is 1. The Kier molecular flexibility index (Phi) is 4.33. The van der Waals surface area contributed by atoms with Gasteiger partial charge < -0.3 is 10.1 Å².